The highest BCUT2D eigenvalue weighted by Gasteiger charge is 2.17. The number of rotatable bonds is 3. The van der Waals surface area contributed by atoms with E-state index in [2.05, 4.69) is 0 Å². The fourth-order valence-electron chi connectivity index (χ4n) is 1.08. The van der Waals surface area contributed by atoms with E-state index in [1.165, 1.54) is 24.8 Å². The van der Waals surface area contributed by atoms with Gasteiger partial charge >= 0.3 is 0 Å². The van der Waals surface area contributed by atoms with Crippen LogP contribution in [0.2, 0.25) is 0 Å². The fourth-order valence-corrected chi connectivity index (χ4v) is 1.52. The summed E-state index contributed by atoms with van der Waals surface area (Å²) in [4.78, 5) is 22.0. The Hall–Kier alpha value is -1.36. The molecule has 0 bridgehead atoms. The van der Waals surface area contributed by atoms with Gasteiger partial charge in [0.2, 0.25) is 0 Å². The molecule has 0 aliphatic rings. The van der Waals surface area contributed by atoms with Gasteiger partial charge in [0.25, 0.3) is 5.69 Å². The first kappa shape index (κ1) is 10.7. The van der Waals surface area contributed by atoms with Crippen molar-refractivity contribution in [1.82, 2.24) is 0 Å². The van der Waals surface area contributed by atoms with E-state index in [9.17, 15) is 14.9 Å². The molecule has 1 rings (SSSR count). The lowest BCUT2D eigenvalue weighted by molar-refractivity contribution is -0.385. The van der Waals surface area contributed by atoms with Crippen LogP contribution in [0, 0.1) is 10.1 Å². The number of nitro benzene ring substituents is 1. The molecule has 0 N–H and O–H groups in total. The van der Waals surface area contributed by atoms with Gasteiger partial charge in [0.05, 0.1) is 10.5 Å². The standard InChI is InChI=1S/C9H9NO3S/c1-6(11)8-5-7(14-2)3-4-9(8)10(12)13/h3-5H,1-2H3. The van der Waals surface area contributed by atoms with Crippen molar-refractivity contribution in [2.75, 3.05) is 6.26 Å². The minimum Gasteiger partial charge on any atom is -0.294 e. The van der Waals surface area contributed by atoms with Crippen LogP contribution < -0.4 is 0 Å². The van der Waals surface area contributed by atoms with Gasteiger partial charge in [-0.3, -0.25) is 14.9 Å². The maximum absolute atomic E-state index is 11.1. The molecule has 5 heteroatoms. The maximum Gasteiger partial charge on any atom is 0.280 e. The number of nitro groups is 1. The molecule has 0 radical (unpaired) electrons. The third-order valence-electron chi connectivity index (χ3n) is 1.78. The van der Waals surface area contributed by atoms with Crippen molar-refractivity contribution in [1.29, 1.82) is 0 Å². The third kappa shape index (κ3) is 2.11. The smallest absolute Gasteiger partial charge is 0.280 e. The predicted octanol–water partition coefficient (Wildman–Crippen LogP) is 2.52. The molecule has 1 aromatic carbocycles. The van der Waals surface area contributed by atoms with Crippen molar-refractivity contribution < 1.29 is 9.72 Å². The highest BCUT2D eigenvalue weighted by atomic mass is 32.2. The van der Waals surface area contributed by atoms with Gasteiger partial charge in [-0.1, -0.05) is 0 Å². The monoisotopic (exact) mass is 211 g/mol. The van der Waals surface area contributed by atoms with Crippen LogP contribution in [0.1, 0.15) is 17.3 Å². The van der Waals surface area contributed by atoms with Crippen molar-refractivity contribution >= 4 is 23.2 Å². The minimum atomic E-state index is -0.541. The molecule has 0 fully saturated rings. The van der Waals surface area contributed by atoms with E-state index in [1.54, 1.807) is 12.1 Å². The molecule has 0 aliphatic carbocycles. The first-order valence-electron chi connectivity index (χ1n) is 3.89. The molecule has 1 aromatic rings. The molecule has 0 atom stereocenters. The SMILES string of the molecule is CSc1ccc([N+](=O)[O-])c(C(C)=O)c1. The number of Topliss-reactive ketones (excluding diaryl/α,β-unsaturated/α-hetero) is 1. The van der Waals surface area contributed by atoms with Crippen molar-refractivity contribution in [3.8, 4) is 0 Å². The van der Waals surface area contributed by atoms with Gasteiger partial charge < -0.3 is 0 Å². The van der Waals surface area contributed by atoms with Crippen molar-refractivity contribution in [2.45, 2.75) is 11.8 Å². The average molecular weight is 211 g/mol. The molecular formula is C9H9NO3S. The Morgan fingerprint density at radius 1 is 1.50 bits per heavy atom. The lowest BCUT2D eigenvalue weighted by atomic mass is 10.1. The molecule has 74 valence electrons. The number of hydrogen-bond donors (Lipinski definition) is 0. The van der Waals surface area contributed by atoms with Crippen LogP contribution in [-0.4, -0.2) is 17.0 Å². The molecule has 0 aliphatic heterocycles. The van der Waals surface area contributed by atoms with E-state index < -0.39 is 4.92 Å². The molecule has 4 nitrogen and oxygen atoms in total. The molecular weight excluding hydrogens is 202 g/mol. The lowest BCUT2D eigenvalue weighted by Crippen LogP contribution is -1.99. The van der Waals surface area contributed by atoms with Crippen LogP contribution >= 0.6 is 11.8 Å². The summed E-state index contributed by atoms with van der Waals surface area (Å²) in [5.74, 6) is -0.285. The van der Waals surface area contributed by atoms with E-state index in [1.807, 2.05) is 6.26 Å². The van der Waals surface area contributed by atoms with Gasteiger partial charge in [-0.25, -0.2) is 0 Å². The van der Waals surface area contributed by atoms with Crippen LogP contribution in [-0.2, 0) is 0 Å². The third-order valence-corrected chi connectivity index (χ3v) is 2.51. The quantitative estimate of drug-likeness (QED) is 0.333. The van der Waals surface area contributed by atoms with Crippen molar-refractivity contribution in [3.05, 3.63) is 33.9 Å². The van der Waals surface area contributed by atoms with Gasteiger partial charge in [-0.05, 0) is 25.3 Å². The number of benzene rings is 1. The largest absolute Gasteiger partial charge is 0.294 e. The summed E-state index contributed by atoms with van der Waals surface area (Å²) in [5.41, 5.74) is 0.0390. The second kappa shape index (κ2) is 4.23. The Labute approximate surface area is 85.5 Å². The second-order valence-corrected chi connectivity index (χ2v) is 3.58. The van der Waals surface area contributed by atoms with E-state index >= 15 is 0 Å². The van der Waals surface area contributed by atoms with Gasteiger partial charge in [0.15, 0.2) is 5.78 Å². The Bertz CT molecular complexity index is 390. The number of hydrogen-bond acceptors (Lipinski definition) is 4. The fraction of sp³-hybridized carbons (Fsp3) is 0.222. The molecule has 0 amide bonds. The van der Waals surface area contributed by atoms with Crippen LogP contribution in [0.3, 0.4) is 0 Å². The summed E-state index contributed by atoms with van der Waals surface area (Å²) < 4.78 is 0. The average Bonchev–Trinajstić information content (AvgIpc) is 2.16. The molecule has 0 unspecified atom stereocenters. The normalized spacial score (nSPS) is 9.86. The summed E-state index contributed by atoms with van der Waals surface area (Å²) in [6.45, 7) is 1.33. The van der Waals surface area contributed by atoms with E-state index in [4.69, 9.17) is 0 Å². The van der Waals surface area contributed by atoms with Crippen LogP contribution in [0.15, 0.2) is 23.1 Å². The van der Waals surface area contributed by atoms with Gasteiger partial charge in [0.1, 0.15) is 0 Å². The number of thioether (sulfide) groups is 1. The first-order valence-corrected chi connectivity index (χ1v) is 5.12. The van der Waals surface area contributed by atoms with Crippen LogP contribution in [0.4, 0.5) is 5.69 Å². The summed E-state index contributed by atoms with van der Waals surface area (Å²) >= 11 is 1.45. The summed E-state index contributed by atoms with van der Waals surface area (Å²) in [5, 5.41) is 10.6. The zero-order chi connectivity index (χ0) is 10.7. The van der Waals surface area contributed by atoms with Crippen molar-refractivity contribution in [3.63, 3.8) is 0 Å². The molecule has 0 heterocycles. The number of ketones is 1. The first-order chi connectivity index (χ1) is 6.56. The minimum absolute atomic E-state index is 0.129. The Morgan fingerprint density at radius 2 is 2.14 bits per heavy atom. The van der Waals surface area contributed by atoms with E-state index in [-0.39, 0.29) is 17.0 Å². The number of carbonyl (C=O) groups is 1. The number of carbonyl (C=O) groups excluding carboxylic acids is 1. The lowest BCUT2D eigenvalue weighted by Gasteiger charge is -2.01. The van der Waals surface area contributed by atoms with E-state index in [0.717, 1.165) is 4.90 Å². The summed E-state index contributed by atoms with van der Waals surface area (Å²) in [6.07, 6.45) is 1.85. The predicted molar refractivity (Wildman–Crippen MR) is 54.9 cm³/mol. The molecule has 0 spiro atoms. The van der Waals surface area contributed by atoms with Crippen LogP contribution in [0.5, 0.6) is 0 Å². The summed E-state index contributed by atoms with van der Waals surface area (Å²) in [7, 11) is 0. The van der Waals surface area contributed by atoms with Gasteiger partial charge in [0, 0.05) is 11.0 Å². The maximum atomic E-state index is 11.1. The zero-order valence-electron chi connectivity index (χ0n) is 7.81. The topological polar surface area (TPSA) is 60.2 Å². The molecule has 0 saturated heterocycles. The molecule has 0 aromatic heterocycles. The molecule has 0 saturated carbocycles. The number of nitrogens with zero attached hydrogens (tertiary/aromatic N) is 1. The molecule has 14 heavy (non-hydrogen) atoms. The van der Waals surface area contributed by atoms with Gasteiger partial charge in [-0.2, -0.15) is 0 Å². The van der Waals surface area contributed by atoms with E-state index in [0.29, 0.717) is 0 Å². The highest BCUT2D eigenvalue weighted by molar-refractivity contribution is 7.98. The zero-order valence-corrected chi connectivity index (χ0v) is 8.63. The van der Waals surface area contributed by atoms with Crippen LogP contribution in [0.25, 0.3) is 0 Å². The Kier molecular flexibility index (Phi) is 3.24. The highest BCUT2D eigenvalue weighted by Crippen LogP contribution is 2.24. The van der Waals surface area contributed by atoms with Gasteiger partial charge in [-0.15, -0.1) is 11.8 Å². The second-order valence-electron chi connectivity index (χ2n) is 2.70. The Morgan fingerprint density at radius 3 is 2.57 bits per heavy atom. The summed E-state index contributed by atoms with van der Waals surface area (Å²) in [6, 6.07) is 4.54. The Balaban J connectivity index is 3.31. The van der Waals surface area contributed by atoms with Crippen molar-refractivity contribution in [2.24, 2.45) is 0 Å².